The number of carbonyl (C=O) groups is 1. The van der Waals surface area contributed by atoms with Crippen LogP contribution in [0.15, 0.2) is 58.4 Å². The van der Waals surface area contributed by atoms with E-state index in [0.717, 1.165) is 9.48 Å². The van der Waals surface area contributed by atoms with E-state index in [9.17, 15) is 9.90 Å². The molecule has 21 heavy (non-hydrogen) atoms. The second-order valence-electron chi connectivity index (χ2n) is 4.68. The molecule has 1 aliphatic heterocycles. The number of hydrogen-bond acceptors (Lipinski definition) is 4. The Hall–Kier alpha value is -2.05. The molecule has 2 aromatic rings. The lowest BCUT2D eigenvalue weighted by molar-refractivity contribution is -0.0764. The average Bonchev–Trinajstić information content (AvgIpc) is 2.91. The van der Waals surface area contributed by atoms with Crippen LogP contribution in [0.25, 0.3) is 0 Å². The van der Waals surface area contributed by atoms with Gasteiger partial charge in [0.15, 0.2) is 5.72 Å². The average molecular weight is 346 g/mol. The normalized spacial score (nSPS) is 20.8. The van der Waals surface area contributed by atoms with Gasteiger partial charge in [-0.1, -0.05) is 28.1 Å². The van der Waals surface area contributed by atoms with Gasteiger partial charge in [-0.25, -0.2) is 0 Å². The zero-order chi connectivity index (χ0) is 14.9. The Morgan fingerprint density at radius 2 is 2.05 bits per heavy atom. The first-order valence-corrected chi connectivity index (χ1v) is 7.16. The molecule has 1 atom stereocenters. The lowest BCUT2D eigenvalue weighted by Gasteiger charge is -2.31. The number of hydrogen-bond donors (Lipinski definition) is 1. The molecule has 5 nitrogen and oxygen atoms in total. The number of carbonyl (C=O) groups excluding carboxylic acids is 1. The molecule has 0 unspecified atom stereocenters. The molecule has 1 amide bonds. The molecular formula is C15H12BrN3O2. The Morgan fingerprint density at radius 1 is 1.29 bits per heavy atom. The molecule has 6 heteroatoms. The minimum atomic E-state index is -1.47. The van der Waals surface area contributed by atoms with Crippen LogP contribution in [0, 0.1) is 0 Å². The summed E-state index contributed by atoms with van der Waals surface area (Å²) in [5.41, 5.74) is -0.432. The van der Waals surface area contributed by atoms with Gasteiger partial charge in [0.05, 0.1) is 0 Å². The van der Waals surface area contributed by atoms with Crippen molar-refractivity contribution in [2.24, 2.45) is 5.10 Å². The molecule has 2 heterocycles. The highest BCUT2D eigenvalue weighted by molar-refractivity contribution is 9.10. The number of aromatic nitrogens is 1. The number of amides is 1. The van der Waals surface area contributed by atoms with Crippen molar-refractivity contribution in [3.8, 4) is 0 Å². The molecule has 1 aliphatic rings. The summed E-state index contributed by atoms with van der Waals surface area (Å²) in [6, 6.07) is 10.4. The van der Waals surface area contributed by atoms with Crippen LogP contribution in [0.5, 0.6) is 0 Å². The largest absolute Gasteiger partial charge is 0.365 e. The number of pyridine rings is 1. The smallest absolute Gasteiger partial charge is 0.277 e. The van der Waals surface area contributed by atoms with E-state index in [-0.39, 0.29) is 12.3 Å². The molecule has 1 aromatic carbocycles. The van der Waals surface area contributed by atoms with Crippen molar-refractivity contribution < 1.29 is 9.90 Å². The standard InChI is InChI=1S/C15H12BrN3O2/c16-13-3-1-2-12(10-13)15(21)6-9-18-19(15)14(20)11-4-7-17-8-5-11/h1-5,7-10,21H,6H2/t15-/m1/s1. The van der Waals surface area contributed by atoms with Gasteiger partial charge in [-0.2, -0.15) is 10.1 Å². The van der Waals surface area contributed by atoms with E-state index in [2.05, 4.69) is 26.0 Å². The summed E-state index contributed by atoms with van der Waals surface area (Å²) in [6.45, 7) is 0. The summed E-state index contributed by atoms with van der Waals surface area (Å²) in [5.74, 6) is -0.367. The third-order valence-corrected chi connectivity index (χ3v) is 3.82. The Morgan fingerprint density at radius 3 is 2.76 bits per heavy atom. The van der Waals surface area contributed by atoms with Crippen molar-refractivity contribution >= 4 is 28.1 Å². The topological polar surface area (TPSA) is 65.8 Å². The number of aliphatic hydroxyl groups is 1. The van der Waals surface area contributed by atoms with E-state index in [1.54, 1.807) is 30.5 Å². The van der Waals surface area contributed by atoms with Gasteiger partial charge in [0.25, 0.3) is 5.91 Å². The highest BCUT2D eigenvalue weighted by Gasteiger charge is 2.43. The monoisotopic (exact) mass is 345 g/mol. The first-order chi connectivity index (χ1) is 10.1. The first-order valence-electron chi connectivity index (χ1n) is 6.37. The maximum absolute atomic E-state index is 12.5. The van der Waals surface area contributed by atoms with Crippen molar-refractivity contribution in [1.82, 2.24) is 9.99 Å². The molecule has 1 N–H and O–H groups in total. The van der Waals surface area contributed by atoms with Gasteiger partial charge in [-0.05, 0) is 24.3 Å². The van der Waals surface area contributed by atoms with Crippen molar-refractivity contribution in [2.75, 3.05) is 0 Å². The summed E-state index contributed by atoms with van der Waals surface area (Å²) >= 11 is 3.37. The minimum Gasteiger partial charge on any atom is -0.365 e. The zero-order valence-corrected chi connectivity index (χ0v) is 12.6. The van der Waals surface area contributed by atoms with Crippen LogP contribution in [-0.2, 0) is 5.72 Å². The lowest BCUT2D eigenvalue weighted by Crippen LogP contribution is -2.43. The fourth-order valence-corrected chi connectivity index (χ4v) is 2.65. The third kappa shape index (κ3) is 2.48. The summed E-state index contributed by atoms with van der Waals surface area (Å²) < 4.78 is 0.830. The zero-order valence-electron chi connectivity index (χ0n) is 11.0. The molecular weight excluding hydrogens is 334 g/mol. The van der Waals surface area contributed by atoms with Crippen LogP contribution < -0.4 is 0 Å². The van der Waals surface area contributed by atoms with Crippen LogP contribution in [0.3, 0.4) is 0 Å². The molecule has 0 saturated heterocycles. The van der Waals surface area contributed by atoms with Crippen LogP contribution >= 0.6 is 15.9 Å². The highest BCUT2D eigenvalue weighted by atomic mass is 79.9. The van der Waals surface area contributed by atoms with Crippen molar-refractivity contribution in [3.63, 3.8) is 0 Å². The van der Waals surface area contributed by atoms with E-state index < -0.39 is 5.72 Å². The molecule has 0 radical (unpaired) electrons. The van der Waals surface area contributed by atoms with Crippen LogP contribution in [0.1, 0.15) is 22.3 Å². The van der Waals surface area contributed by atoms with Crippen molar-refractivity contribution in [2.45, 2.75) is 12.1 Å². The molecule has 1 aromatic heterocycles. The number of halogens is 1. The van der Waals surface area contributed by atoms with Gasteiger partial charge in [-0.15, -0.1) is 0 Å². The number of rotatable bonds is 2. The Balaban J connectivity index is 1.98. The van der Waals surface area contributed by atoms with Gasteiger partial charge in [0.2, 0.25) is 0 Å². The van der Waals surface area contributed by atoms with Gasteiger partial charge < -0.3 is 5.11 Å². The van der Waals surface area contributed by atoms with Gasteiger partial charge in [-0.3, -0.25) is 9.78 Å². The van der Waals surface area contributed by atoms with E-state index in [1.807, 2.05) is 12.1 Å². The summed E-state index contributed by atoms with van der Waals surface area (Å²) in [6.07, 6.45) is 4.86. The quantitative estimate of drug-likeness (QED) is 0.909. The van der Waals surface area contributed by atoms with Gasteiger partial charge in [0, 0.05) is 40.6 Å². The SMILES string of the molecule is O=C(c1ccncc1)N1N=CC[C@@]1(O)c1cccc(Br)c1. The Labute approximate surface area is 130 Å². The van der Waals surface area contributed by atoms with Gasteiger partial charge in [0.1, 0.15) is 0 Å². The second kappa shape index (κ2) is 5.38. The molecule has 0 bridgehead atoms. The van der Waals surface area contributed by atoms with Crippen LogP contribution in [-0.4, -0.2) is 27.2 Å². The third-order valence-electron chi connectivity index (χ3n) is 3.33. The maximum atomic E-state index is 12.5. The summed E-state index contributed by atoms with van der Waals surface area (Å²) in [4.78, 5) is 16.4. The predicted molar refractivity (Wildman–Crippen MR) is 81.6 cm³/mol. The molecule has 0 fully saturated rings. The summed E-state index contributed by atoms with van der Waals surface area (Å²) in [7, 11) is 0. The molecule has 0 saturated carbocycles. The van der Waals surface area contributed by atoms with E-state index in [0.29, 0.717) is 11.1 Å². The van der Waals surface area contributed by atoms with Crippen molar-refractivity contribution in [1.29, 1.82) is 0 Å². The van der Waals surface area contributed by atoms with Gasteiger partial charge >= 0.3 is 0 Å². The first kappa shape index (κ1) is 13.9. The van der Waals surface area contributed by atoms with Crippen LogP contribution in [0.4, 0.5) is 0 Å². The number of benzene rings is 1. The molecule has 106 valence electrons. The Kier molecular flexibility index (Phi) is 3.57. The van der Waals surface area contributed by atoms with E-state index >= 15 is 0 Å². The number of hydrazone groups is 1. The van der Waals surface area contributed by atoms with Crippen molar-refractivity contribution in [3.05, 3.63) is 64.4 Å². The lowest BCUT2D eigenvalue weighted by atomic mass is 9.99. The van der Waals surface area contributed by atoms with Crippen LogP contribution in [0.2, 0.25) is 0 Å². The second-order valence-corrected chi connectivity index (χ2v) is 5.60. The summed E-state index contributed by atoms with van der Waals surface area (Å²) in [5, 5.41) is 16.1. The van der Waals surface area contributed by atoms with E-state index in [4.69, 9.17) is 0 Å². The molecule has 0 aliphatic carbocycles. The fraction of sp³-hybridized carbons (Fsp3) is 0.133. The number of nitrogens with zero attached hydrogens (tertiary/aromatic N) is 3. The molecule has 0 spiro atoms. The predicted octanol–water partition coefficient (Wildman–Crippen LogP) is 2.52. The van der Waals surface area contributed by atoms with E-state index in [1.165, 1.54) is 12.4 Å². The molecule has 3 rings (SSSR count). The fourth-order valence-electron chi connectivity index (χ4n) is 2.25. The maximum Gasteiger partial charge on any atom is 0.277 e. The highest BCUT2D eigenvalue weighted by Crippen LogP contribution is 2.35. The minimum absolute atomic E-state index is 0.250. The Bertz CT molecular complexity index is 705.